The lowest BCUT2D eigenvalue weighted by Crippen LogP contribution is -2.24. The minimum atomic E-state index is 0.329. The van der Waals surface area contributed by atoms with Crippen molar-refractivity contribution in [2.24, 2.45) is 5.92 Å². The van der Waals surface area contributed by atoms with Gasteiger partial charge >= 0.3 is 0 Å². The van der Waals surface area contributed by atoms with Crippen molar-refractivity contribution in [2.45, 2.75) is 6.42 Å². The van der Waals surface area contributed by atoms with Crippen LogP contribution in [0.25, 0.3) is 0 Å². The van der Waals surface area contributed by atoms with Crippen molar-refractivity contribution in [2.75, 3.05) is 30.3 Å². The summed E-state index contributed by atoms with van der Waals surface area (Å²) in [7, 11) is 0. The molecule has 0 spiro atoms. The van der Waals surface area contributed by atoms with E-state index >= 15 is 0 Å². The fourth-order valence-electron chi connectivity index (χ4n) is 3.23. The van der Waals surface area contributed by atoms with Crippen LogP contribution in [0.2, 0.25) is 5.02 Å². The number of nitrogens with zero attached hydrogens (tertiary/aromatic N) is 3. The number of hydrogen-bond donors (Lipinski definition) is 2. The smallest absolute Gasteiger partial charge is 0.222 e. The first-order valence-electron chi connectivity index (χ1n) is 7.72. The van der Waals surface area contributed by atoms with E-state index in [1.807, 2.05) is 30.3 Å². The van der Waals surface area contributed by atoms with E-state index in [0.717, 1.165) is 48.2 Å². The Morgan fingerprint density at radius 2 is 2.09 bits per heavy atom. The Balaban J connectivity index is 1.57. The maximum Gasteiger partial charge on any atom is 0.222 e. The van der Waals surface area contributed by atoms with Crippen LogP contribution in [0.5, 0.6) is 0 Å². The Hall–Kier alpha value is -2.27. The second-order valence-electron chi connectivity index (χ2n) is 6.08. The number of nitrogen functional groups attached to an aromatic ring is 1. The largest absolute Gasteiger partial charge is 0.390 e. The second-order valence-corrected chi connectivity index (χ2v) is 6.52. The minimum Gasteiger partial charge on any atom is -0.390 e. The van der Waals surface area contributed by atoms with Gasteiger partial charge < -0.3 is 16.0 Å². The van der Waals surface area contributed by atoms with Crippen LogP contribution in [0.1, 0.15) is 11.3 Å². The van der Waals surface area contributed by atoms with Gasteiger partial charge in [0.1, 0.15) is 5.82 Å². The van der Waals surface area contributed by atoms with Crippen molar-refractivity contribution < 1.29 is 0 Å². The van der Waals surface area contributed by atoms with Gasteiger partial charge in [0.05, 0.1) is 5.69 Å². The third-order valence-electron chi connectivity index (χ3n) is 4.40. The van der Waals surface area contributed by atoms with Crippen LogP contribution < -0.4 is 16.0 Å². The Kier molecular flexibility index (Phi) is 3.58. The average molecular weight is 328 g/mol. The van der Waals surface area contributed by atoms with E-state index in [2.05, 4.69) is 26.4 Å². The fourth-order valence-corrected chi connectivity index (χ4v) is 3.36. The summed E-state index contributed by atoms with van der Waals surface area (Å²) in [5, 5.41) is 4.04. The maximum absolute atomic E-state index is 5.94. The molecule has 0 bridgehead atoms. The molecule has 1 atom stereocenters. The van der Waals surface area contributed by atoms with Gasteiger partial charge in [0.15, 0.2) is 0 Å². The summed E-state index contributed by atoms with van der Waals surface area (Å²) in [6.07, 6.45) is 2.85. The number of aromatic nitrogens is 2. The third-order valence-corrected chi connectivity index (χ3v) is 4.65. The van der Waals surface area contributed by atoms with Gasteiger partial charge in [-0.3, -0.25) is 0 Å². The molecule has 6 heteroatoms. The first-order valence-corrected chi connectivity index (χ1v) is 8.10. The number of nitrogens with two attached hydrogens (primary N) is 1. The molecule has 0 aliphatic carbocycles. The van der Waals surface area contributed by atoms with Gasteiger partial charge in [-0.1, -0.05) is 23.7 Å². The van der Waals surface area contributed by atoms with Gasteiger partial charge in [-0.2, -0.15) is 4.98 Å². The molecule has 2 aromatic rings. The molecule has 118 valence electrons. The minimum absolute atomic E-state index is 0.329. The van der Waals surface area contributed by atoms with Crippen molar-refractivity contribution in [1.29, 1.82) is 0 Å². The molecule has 1 saturated heterocycles. The second kappa shape index (κ2) is 5.74. The summed E-state index contributed by atoms with van der Waals surface area (Å²) in [4.78, 5) is 11.1. The van der Waals surface area contributed by atoms with Crippen LogP contribution >= 0.6 is 11.6 Å². The predicted octanol–water partition coefficient (Wildman–Crippen LogP) is 2.23. The Morgan fingerprint density at radius 3 is 2.87 bits per heavy atom. The van der Waals surface area contributed by atoms with Crippen LogP contribution in [0.4, 0.5) is 11.8 Å². The van der Waals surface area contributed by atoms with Crippen molar-refractivity contribution in [1.82, 2.24) is 15.3 Å². The number of benzene rings is 1. The maximum atomic E-state index is 5.94. The van der Waals surface area contributed by atoms with E-state index in [-0.39, 0.29) is 0 Å². The summed E-state index contributed by atoms with van der Waals surface area (Å²) in [5.74, 6) is 1.83. The molecule has 5 nitrogen and oxygen atoms in total. The van der Waals surface area contributed by atoms with E-state index in [4.69, 9.17) is 17.3 Å². The topological polar surface area (TPSA) is 67.1 Å². The number of halogens is 1. The number of nitrogens with one attached hydrogen (secondary N) is 1. The summed E-state index contributed by atoms with van der Waals surface area (Å²) < 4.78 is 0. The van der Waals surface area contributed by atoms with Crippen molar-refractivity contribution in [3.8, 4) is 0 Å². The number of hydrogen-bond acceptors (Lipinski definition) is 5. The molecule has 0 radical (unpaired) electrons. The highest BCUT2D eigenvalue weighted by atomic mass is 35.5. The molecule has 4 rings (SSSR count). The highest BCUT2D eigenvalue weighted by Crippen LogP contribution is 2.29. The predicted molar refractivity (Wildman–Crippen MR) is 92.5 cm³/mol. The molecule has 1 aromatic heterocycles. The van der Waals surface area contributed by atoms with Crippen LogP contribution in [0.3, 0.4) is 0 Å². The zero-order valence-corrected chi connectivity index (χ0v) is 13.4. The average Bonchev–Trinajstić information content (AvgIpc) is 3.10. The van der Waals surface area contributed by atoms with E-state index in [0.29, 0.717) is 11.9 Å². The third kappa shape index (κ3) is 2.97. The van der Waals surface area contributed by atoms with E-state index in [1.165, 1.54) is 5.57 Å². The molecule has 1 fully saturated rings. The zero-order chi connectivity index (χ0) is 15.8. The first-order chi connectivity index (χ1) is 11.2. The normalized spacial score (nSPS) is 19.4. The Bertz CT molecular complexity index is 756. The van der Waals surface area contributed by atoms with Gasteiger partial charge in [-0.05, 0) is 29.5 Å². The number of anilines is 2. The molecule has 23 heavy (non-hydrogen) atoms. The first kappa shape index (κ1) is 14.3. The van der Waals surface area contributed by atoms with E-state index < -0.39 is 0 Å². The van der Waals surface area contributed by atoms with Crippen molar-refractivity contribution in [3.05, 3.63) is 58.4 Å². The molecule has 1 aromatic carbocycles. The monoisotopic (exact) mass is 327 g/mol. The van der Waals surface area contributed by atoms with Gasteiger partial charge in [0, 0.05) is 43.1 Å². The molecular weight excluding hydrogens is 310 g/mol. The van der Waals surface area contributed by atoms with Crippen LogP contribution in [-0.4, -0.2) is 29.6 Å². The van der Waals surface area contributed by atoms with Gasteiger partial charge in [-0.15, -0.1) is 0 Å². The lowest BCUT2D eigenvalue weighted by atomic mass is 10.1. The van der Waals surface area contributed by atoms with Crippen LogP contribution in [0.15, 0.2) is 42.1 Å². The highest BCUT2D eigenvalue weighted by molar-refractivity contribution is 6.30. The van der Waals surface area contributed by atoms with Gasteiger partial charge in [0.25, 0.3) is 0 Å². The van der Waals surface area contributed by atoms with E-state index in [1.54, 1.807) is 0 Å². The quantitative estimate of drug-likeness (QED) is 0.905. The molecule has 0 amide bonds. The summed E-state index contributed by atoms with van der Waals surface area (Å²) in [6, 6.07) is 9.85. The van der Waals surface area contributed by atoms with Crippen molar-refractivity contribution >= 4 is 23.4 Å². The lowest BCUT2D eigenvalue weighted by Gasteiger charge is -2.18. The molecule has 2 aliphatic heterocycles. The Labute approximate surface area is 140 Å². The van der Waals surface area contributed by atoms with Gasteiger partial charge in [0.2, 0.25) is 5.95 Å². The van der Waals surface area contributed by atoms with Gasteiger partial charge in [-0.25, -0.2) is 4.98 Å². The molecule has 0 saturated carbocycles. The fraction of sp³-hybridized carbons (Fsp3) is 0.294. The van der Waals surface area contributed by atoms with Crippen LogP contribution in [-0.2, 0) is 6.42 Å². The zero-order valence-electron chi connectivity index (χ0n) is 12.7. The Morgan fingerprint density at radius 1 is 1.26 bits per heavy atom. The number of rotatable bonds is 3. The highest BCUT2D eigenvalue weighted by Gasteiger charge is 2.31. The molecule has 3 N–H and O–H groups in total. The molecular formula is C17H18ClN5. The SMILES string of the molecule is Nc1nc(Cc2ccc(Cl)cc2)cc(N2CC3=CNCC3C2)n1. The summed E-state index contributed by atoms with van der Waals surface area (Å²) in [5.41, 5.74) is 9.46. The molecule has 1 unspecified atom stereocenters. The van der Waals surface area contributed by atoms with Crippen LogP contribution in [0, 0.1) is 5.92 Å². The summed E-state index contributed by atoms with van der Waals surface area (Å²) >= 11 is 5.94. The lowest BCUT2D eigenvalue weighted by molar-refractivity contribution is 0.675. The summed E-state index contributed by atoms with van der Waals surface area (Å²) in [6.45, 7) is 2.91. The molecule has 2 aliphatic rings. The number of fused-ring (bicyclic) bond motifs is 1. The molecule has 3 heterocycles. The standard InChI is InChI=1S/C17H18ClN5/c18-14-3-1-11(2-4-14)5-15-6-16(22-17(19)21-15)23-9-12-7-20-8-13(12)10-23/h1-4,6-7,13,20H,5,8-10H2,(H2,19,21,22). The van der Waals surface area contributed by atoms with Crippen molar-refractivity contribution in [3.63, 3.8) is 0 Å². The van der Waals surface area contributed by atoms with E-state index in [9.17, 15) is 0 Å².